The minimum atomic E-state index is -0.721. The topological polar surface area (TPSA) is 104 Å². The number of hydrogen-bond donors (Lipinski definition) is 1. The second-order valence-electron chi connectivity index (χ2n) is 7.88. The average molecular weight is 546 g/mol. The van der Waals surface area contributed by atoms with Crippen LogP contribution in [0.25, 0.3) is 6.08 Å². The van der Waals surface area contributed by atoms with Crippen molar-refractivity contribution in [2.45, 2.75) is 19.5 Å². The Morgan fingerprint density at radius 3 is 2.37 bits per heavy atom. The Labute approximate surface area is 210 Å². The van der Waals surface area contributed by atoms with Crippen LogP contribution in [0.4, 0.5) is 0 Å². The van der Waals surface area contributed by atoms with Gasteiger partial charge in [-0.2, -0.15) is 0 Å². The van der Waals surface area contributed by atoms with Crippen molar-refractivity contribution < 1.29 is 38.4 Å². The summed E-state index contributed by atoms with van der Waals surface area (Å²) in [5.74, 6) is 0.000914. The van der Waals surface area contributed by atoms with Crippen LogP contribution in [0.3, 0.4) is 0 Å². The number of hydrogen-bond acceptors (Lipinski definition) is 9. The van der Waals surface area contributed by atoms with Gasteiger partial charge in [-0.1, -0.05) is 15.9 Å². The van der Waals surface area contributed by atoms with Gasteiger partial charge >= 0.3 is 11.9 Å². The van der Waals surface area contributed by atoms with Gasteiger partial charge in [0.05, 0.1) is 38.5 Å². The van der Waals surface area contributed by atoms with Gasteiger partial charge < -0.3 is 33.7 Å². The molecule has 1 N–H and O–H groups in total. The highest BCUT2D eigenvalue weighted by atomic mass is 79.9. The quantitative estimate of drug-likeness (QED) is 0.556. The molecule has 2 aromatic carbocycles. The number of benzene rings is 2. The maximum atomic E-state index is 12.8. The van der Waals surface area contributed by atoms with Gasteiger partial charge in [-0.3, -0.25) is 0 Å². The molecule has 0 spiro atoms. The van der Waals surface area contributed by atoms with Crippen LogP contribution in [0.2, 0.25) is 0 Å². The number of aromatic hydroxyl groups is 1. The lowest BCUT2D eigenvalue weighted by atomic mass is 9.93. The van der Waals surface area contributed by atoms with Crippen molar-refractivity contribution in [2.24, 2.45) is 0 Å². The minimum absolute atomic E-state index is 0.00757. The molecule has 1 unspecified atom stereocenters. The molecule has 2 aliphatic rings. The first-order chi connectivity index (χ1) is 16.8. The zero-order valence-electron chi connectivity index (χ0n) is 19.6. The Balaban J connectivity index is 1.91. The van der Waals surface area contributed by atoms with Crippen molar-refractivity contribution >= 4 is 33.9 Å². The van der Waals surface area contributed by atoms with E-state index in [0.717, 1.165) is 15.6 Å². The number of rotatable bonds is 5. The molecule has 0 radical (unpaired) electrons. The highest BCUT2D eigenvalue weighted by Crippen LogP contribution is 2.41. The van der Waals surface area contributed by atoms with Crippen molar-refractivity contribution in [1.82, 2.24) is 4.90 Å². The van der Waals surface area contributed by atoms with Gasteiger partial charge in [-0.15, -0.1) is 0 Å². The Hall–Kier alpha value is -3.66. The van der Waals surface area contributed by atoms with E-state index in [-0.39, 0.29) is 35.5 Å². The number of ether oxygens (including phenoxy) is 5. The van der Waals surface area contributed by atoms with Crippen LogP contribution in [0, 0.1) is 0 Å². The third kappa shape index (κ3) is 4.66. The minimum Gasteiger partial charge on any atom is -0.504 e. The van der Waals surface area contributed by atoms with Crippen LogP contribution in [0.5, 0.6) is 23.0 Å². The van der Waals surface area contributed by atoms with E-state index >= 15 is 0 Å². The molecule has 0 aliphatic carbocycles. The fraction of sp³-hybridized carbons (Fsp3) is 0.280. The van der Waals surface area contributed by atoms with Crippen LogP contribution in [0.1, 0.15) is 29.7 Å². The monoisotopic (exact) mass is 545 g/mol. The van der Waals surface area contributed by atoms with E-state index in [1.165, 1.54) is 33.5 Å². The molecule has 10 heteroatoms. The van der Waals surface area contributed by atoms with E-state index in [4.69, 9.17) is 23.7 Å². The molecular weight excluding hydrogens is 522 g/mol. The standard InChI is InChI=1S/C25H24BrNO8/c1-13-16-8-21(31-2)20(28)6-14(16)5-17(24(29)32-3)18(25(30)33-4)11-27(13)10-15-7-22-23(9-19(15)26)35-12-34-22/h5-9,11,13,28H,10,12H2,1-4H3. The van der Waals surface area contributed by atoms with Crippen molar-refractivity contribution in [1.29, 1.82) is 0 Å². The number of nitrogens with zero attached hydrogens (tertiary/aromatic N) is 1. The summed E-state index contributed by atoms with van der Waals surface area (Å²) in [7, 11) is 3.93. The Bertz CT molecular complexity index is 1250. The first-order valence-electron chi connectivity index (χ1n) is 10.6. The molecule has 184 valence electrons. The van der Waals surface area contributed by atoms with Gasteiger partial charge in [0.1, 0.15) is 0 Å². The highest BCUT2D eigenvalue weighted by Gasteiger charge is 2.30. The summed E-state index contributed by atoms with van der Waals surface area (Å²) in [6, 6.07) is 6.57. The van der Waals surface area contributed by atoms with E-state index in [1.807, 2.05) is 24.0 Å². The van der Waals surface area contributed by atoms with E-state index < -0.39 is 11.9 Å². The van der Waals surface area contributed by atoms with Crippen molar-refractivity contribution in [3.63, 3.8) is 0 Å². The SMILES string of the molecule is COC(=O)C1=Cc2cc(O)c(OC)cc2C(C)N(Cc2cc3c(cc2Br)OCO3)C=C1C(=O)OC. The predicted octanol–water partition coefficient (Wildman–Crippen LogP) is 4.08. The summed E-state index contributed by atoms with van der Waals surface area (Å²) in [6.45, 7) is 2.41. The summed E-state index contributed by atoms with van der Waals surface area (Å²) in [6.07, 6.45) is 3.09. The first-order valence-corrected chi connectivity index (χ1v) is 11.4. The molecule has 0 aromatic heterocycles. The molecule has 9 nitrogen and oxygen atoms in total. The lowest BCUT2D eigenvalue weighted by Crippen LogP contribution is -2.27. The number of phenols is 1. The normalized spacial score (nSPS) is 16.4. The Morgan fingerprint density at radius 1 is 1.06 bits per heavy atom. The Kier molecular flexibility index (Phi) is 6.93. The Morgan fingerprint density at radius 2 is 1.71 bits per heavy atom. The van der Waals surface area contributed by atoms with Crippen LogP contribution in [-0.2, 0) is 25.6 Å². The number of fused-ring (bicyclic) bond motifs is 2. The maximum Gasteiger partial charge on any atom is 0.340 e. The smallest absolute Gasteiger partial charge is 0.340 e. The molecule has 35 heavy (non-hydrogen) atoms. The average Bonchev–Trinajstić information content (AvgIpc) is 3.30. The summed E-state index contributed by atoms with van der Waals surface area (Å²) < 4.78 is 27.0. The fourth-order valence-electron chi connectivity index (χ4n) is 4.02. The summed E-state index contributed by atoms with van der Waals surface area (Å²) in [5.41, 5.74) is 2.16. The zero-order valence-corrected chi connectivity index (χ0v) is 21.2. The molecular formula is C25H24BrNO8. The van der Waals surface area contributed by atoms with Gasteiger partial charge in [0, 0.05) is 17.2 Å². The van der Waals surface area contributed by atoms with E-state index in [9.17, 15) is 14.7 Å². The van der Waals surface area contributed by atoms with Crippen LogP contribution < -0.4 is 14.2 Å². The molecule has 0 saturated heterocycles. The summed E-state index contributed by atoms with van der Waals surface area (Å²) in [4.78, 5) is 27.4. The number of methoxy groups -OCH3 is 3. The molecule has 2 aliphatic heterocycles. The van der Waals surface area contributed by atoms with Gasteiger partial charge in [0.2, 0.25) is 6.79 Å². The number of esters is 2. The predicted molar refractivity (Wildman–Crippen MR) is 129 cm³/mol. The van der Waals surface area contributed by atoms with Crippen molar-refractivity contribution in [3.8, 4) is 23.0 Å². The van der Waals surface area contributed by atoms with Crippen LogP contribution in [0.15, 0.2) is 46.1 Å². The van der Waals surface area contributed by atoms with Crippen LogP contribution >= 0.6 is 15.9 Å². The zero-order chi connectivity index (χ0) is 25.3. The number of phenolic OH excluding ortho intramolecular Hbond substituents is 1. The molecule has 0 fully saturated rings. The van der Waals surface area contributed by atoms with Crippen LogP contribution in [-0.4, -0.2) is 50.1 Å². The third-order valence-corrected chi connectivity index (χ3v) is 6.66. The molecule has 2 aromatic rings. The second kappa shape index (κ2) is 9.91. The molecule has 1 atom stereocenters. The van der Waals surface area contributed by atoms with Crippen molar-refractivity contribution in [2.75, 3.05) is 28.1 Å². The highest BCUT2D eigenvalue weighted by molar-refractivity contribution is 9.10. The first kappa shape index (κ1) is 24.5. The lowest BCUT2D eigenvalue weighted by Gasteiger charge is -2.32. The fourth-order valence-corrected chi connectivity index (χ4v) is 4.47. The van der Waals surface area contributed by atoms with E-state index in [2.05, 4.69) is 15.9 Å². The molecule has 0 saturated carbocycles. The van der Waals surface area contributed by atoms with Gasteiger partial charge in [0.15, 0.2) is 23.0 Å². The van der Waals surface area contributed by atoms with Gasteiger partial charge in [-0.05, 0) is 54.0 Å². The molecule has 0 bridgehead atoms. The molecule has 4 rings (SSSR count). The number of halogens is 1. The molecule has 2 heterocycles. The van der Waals surface area contributed by atoms with Gasteiger partial charge in [-0.25, -0.2) is 9.59 Å². The number of carbonyl (C=O) groups excluding carboxylic acids is 2. The summed E-state index contributed by atoms with van der Waals surface area (Å²) >= 11 is 3.59. The largest absolute Gasteiger partial charge is 0.504 e. The second-order valence-corrected chi connectivity index (χ2v) is 8.74. The maximum absolute atomic E-state index is 12.8. The number of carbonyl (C=O) groups is 2. The van der Waals surface area contributed by atoms with E-state index in [0.29, 0.717) is 23.6 Å². The molecule has 0 amide bonds. The lowest BCUT2D eigenvalue weighted by molar-refractivity contribution is -0.139. The van der Waals surface area contributed by atoms with Crippen molar-refractivity contribution in [3.05, 3.63) is 62.8 Å². The third-order valence-electron chi connectivity index (χ3n) is 5.92. The van der Waals surface area contributed by atoms with Gasteiger partial charge in [0.25, 0.3) is 0 Å². The summed E-state index contributed by atoms with van der Waals surface area (Å²) in [5, 5.41) is 10.4. The van der Waals surface area contributed by atoms with E-state index in [1.54, 1.807) is 12.3 Å².